The van der Waals surface area contributed by atoms with Gasteiger partial charge < -0.3 is 30.5 Å². The number of hydrogen-bond acceptors (Lipinski definition) is 6. The molecule has 0 fully saturated rings. The van der Waals surface area contributed by atoms with E-state index < -0.39 is 30.2 Å². The summed E-state index contributed by atoms with van der Waals surface area (Å²) in [5, 5.41) is 20.0. The number of nitrogens with one attached hydrogen (secondary N) is 2. The first-order valence-corrected chi connectivity index (χ1v) is 9.63. The molecular weight excluding hydrogens is 445 g/mol. The summed E-state index contributed by atoms with van der Waals surface area (Å²) in [5.74, 6) is -1.34. The maximum Gasteiger partial charge on any atom is 0.573 e. The first-order valence-electron chi connectivity index (χ1n) is 9.63. The molecule has 0 bridgehead atoms. The largest absolute Gasteiger partial charge is 0.573 e. The van der Waals surface area contributed by atoms with E-state index in [1.165, 1.54) is 43.3 Å². The van der Waals surface area contributed by atoms with E-state index in [0.29, 0.717) is 17.7 Å². The van der Waals surface area contributed by atoms with E-state index in [-0.39, 0.29) is 24.7 Å². The molecule has 0 spiro atoms. The fraction of sp³-hybridized carbons (Fsp3) is 0.286. The lowest BCUT2D eigenvalue weighted by Crippen LogP contribution is -2.39. The van der Waals surface area contributed by atoms with Crippen molar-refractivity contribution < 1.29 is 37.3 Å². The highest BCUT2D eigenvalue weighted by atomic mass is 19.4. The number of anilines is 2. The van der Waals surface area contributed by atoms with Crippen LogP contribution in [0.2, 0.25) is 0 Å². The van der Waals surface area contributed by atoms with Crippen molar-refractivity contribution in [2.75, 3.05) is 23.4 Å². The Hall–Kier alpha value is -3.64. The number of amidine groups is 1. The van der Waals surface area contributed by atoms with Crippen molar-refractivity contribution >= 4 is 29.5 Å². The summed E-state index contributed by atoms with van der Waals surface area (Å²) in [7, 11) is 0. The van der Waals surface area contributed by atoms with E-state index in [1.807, 2.05) is 0 Å². The van der Waals surface area contributed by atoms with Crippen molar-refractivity contribution in [3.63, 3.8) is 0 Å². The Morgan fingerprint density at radius 2 is 1.94 bits per heavy atom. The van der Waals surface area contributed by atoms with E-state index in [9.17, 15) is 27.9 Å². The number of nitrogens with two attached hydrogens (primary N) is 1. The zero-order chi connectivity index (χ0) is 24.6. The molecule has 2 aromatic carbocycles. The second-order valence-corrected chi connectivity index (χ2v) is 6.84. The Bertz CT molecular complexity index is 969. The molecule has 2 rings (SSSR count). The van der Waals surface area contributed by atoms with Gasteiger partial charge in [-0.1, -0.05) is 6.07 Å². The average molecular weight is 468 g/mol. The minimum atomic E-state index is -4.87. The third kappa shape index (κ3) is 8.09. The van der Waals surface area contributed by atoms with Gasteiger partial charge in [-0.25, -0.2) is 0 Å². The molecule has 2 atom stereocenters. The molecule has 178 valence electrons. The van der Waals surface area contributed by atoms with Crippen LogP contribution in [0.15, 0.2) is 48.5 Å². The van der Waals surface area contributed by atoms with Crippen LogP contribution in [0, 0.1) is 5.41 Å². The fourth-order valence-electron chi connectivity index (χ4n) is 2.69. The average Bonchev–Trinajstić information content (AvgIpc) is 2.75. The van der Waals surface area contributed by atoms with Gasteiger partial charge in [0.15, 0.2) is 6.10 Å². The summed E-state index contributed by atoms with van der Waals surface area (Å²) in [4.78, 5) is 24.7. The summed E-state index contributed by atoms with van der Waals surface area (Å²) in [5.41, 5.74) is 6.36. The zero-order valence-electron chi connectivity index (χ0n) is 17.5. The molecular formula is C21H23F3N4O5. The van der Waals surface area contributed by atoms with Crippen molar-refractivity contribution in [1.82, 2.24) is 0 Å². The number of alkyl halides is 3. The monoisotopic (exact) mass is 468 g/mol. The number of aliphatic hydroxyl groups excluding tert-OH is 1. The number of carbonyl (C=O) groups excluding carboxylic acids is 2. The van der Waals surface area contributed by atoms with Crippen LogP contribution >= 0.6 is 0 Å². The van der Waals surface area contributed by atoms with Crippen LogP contribution in [0.25, 0.3) is 0 Å². The van der Waals surface area contributed by atoms with Crippen molar-refractivity contribution in [1.29, 1.82) is 5.41 Å². The Labute approximate surface area is 187 Å². The number of nitrogen functional groups attached to an aromatic ring is 1. The molecule has 0 saturated carbocycles. The maximum atomic E-state index is 12.4. The van der Waals surface area contributed by atoms with Crippen LogP contribution in [-0.2, 0) is 14.3 Å². The van der Waals surface area contributed by atoms with Crippen LogP contribution in [0.4, 0.5) is 24.5 Å². The van der Waals surface area contributed by atoms with Crippen LogP contribution < -0.4 is 20.7 Å². The Balaban J connectivity index is 1.87. The van der Waals surface area contributed by atoms with Crippen LogP contribution in [0.3, 0.4) is 0 Å². The van der Waals surface area contributed by atoms with Gasteiger partial charge in [-0.15, -0.1) is 13.2 Å². The second kappa shape index (κ2) is 11.3. The van der Waals surface area contributed by atoms with Gasteiger partial charge in [0.1, 0.15) is 11.6 Å². The van der Waals surface area contributed by atoms with Gasteiger partial charge >= 0.3 is 6.36 Å². The molecule has 9 nitrogen and oxygen atoms in total. The number of ether oxygens (including phenoxy) is 2. The van der Waals surface area contributed by atoms with E-state index >= 15 is 0 Å². The van der Waals surface area contributed by atoms with Crippen LogP contribution in [-0.4, -0.2) is 55.0 Å². The number of rotatable bonds is 11. The highest BCUT2D eigenvalue weighted by Crippen LogP contribution is 2.26. The number of benzene rings is 2. The van der Waals surface area contributed by atoms with Crippen molar-refractivity contribution in [2.24, 2.45) is 5.73 Å². The highest BCUT2D eigenvalue weighted by molar-refractivity contribution is 5.97. The topological polar surface area (TPSA) is 138 Å². The predicted molar refractivity (Wildman–Crippen MR) is 114 cm³/mol. The molecule has 12 heteroatoms. The lowest BCUT2D eigenvalue weighted by atomic mass is 10.1. The van der Waals surface area contributed by atoms with Gasteiger partial charge in [-0.2, -0.15) is 0 Å². The lowest BCUT2D eigenvalue weighted by Gasteiger charge is -2.22. The van der Waals surface area contributed by atoms with Gasteiger partial charge in [0, 0.05) is 29.5 Å². The molecule has 2 aromatic rings. The van der Waals surface area contributed by atoms with E-state index in [2.05, 4.69) is 10.1 Å². The highest BCUT2D eigenvalue weighted by Gasteiger charge is 2.31. The molecule has 33 heavy (non-hydrogen) atoms. The van der Waals surface area contributed by atoms with E-state index in [4.69, 9.17) is 15.9 Å². The SMILES string of the molecule is CC(OCCN(C=O)c1cccc(OC(F)(F)F)c1)C(O)C(=O)Nc1ccc(C(=N)N)cc1. The van der Waals surface area contributed by atoms with Gasteiger partial charge in [0.2, 0.25) is 6.41 Å². The Morgan fingerprint density at radius 3 is 2.52 bits per heavy atom. The normalized spacial score (nSPS) is 13.0. The number of hydrogen-bond donors (Lipinski definition) is 4. The van der Waals surface area contributed by atoms with Crippen molar-refractivity contribution in [3.8, 4) is 5.75 Å². The number of nitrogens with zero attached hydrogens (tertiary/aromatic N) is 1. The summed E-state index contributed by atoms with van der Waals surface area (Å²) in [6.07, 6.45) is -6.94. The predicted octanol–water partition coefficient (Wildman–Crippen LogP) is 2.24. The Kier molecular flexibility index (Phi) is 8.77. The van der Waals surface area contributed by atoms with Crippen molar-refractivity contribution in [2.45, 2.75) is 25.5 Å². The minimum absolute atomic E-state index is 0.0514. The summed E-state index contributed by atoms with van der Waals surface area (Å²) >= 11 is 0. The molecule has 2 amide bonds. The molecule has 0 aliphatic rings. The van der Waals surface area contributed by atoms with Crippen molar-refractivity contribution in [3.05, 3.63) is 54.1 Å². The number of amides is 2. The van der Waals surface area contributed by atoms with E-state index in [0.717, 1.165) is 17.0 Å². The number of carbonyl (C=O) groups is 2. The molecule has 0 aliphatic carbocycles. The first-order chi connectivity index (χ1) is 15.5. The fourth-order valence-corrected chi connectivity index (χ4v) is 2.69. The molecule has 5 N–H and O–H groups in total. The lowest BCUT2D eigenvalue weighted by molar-refractivity contribution is -0.274. The number of aliphatic hydroxyl groups is 1. The summed E-state index contributed by atoms with van der Waals surface area (Å²) in [6.45, 7) is 1.29. The second-order valence-electron chi connectivity index (χ2n) is 6.84. The van der Waals surface area contributed by atoms with Gasteiger partial charge in [-0.05, 0) is 43.3 Å². The summed E-state index contributed by atoms with van der Waals surface area (Å²) in [6, 6.07) is 11.0. The third-order valence-corrected chi connectivity index (χ3v) is 4.40. The molecule has 0 radical (unpaired) electrons. The van der Waals surface area contributed by atoms with Gasteiger partial charge in [0.05, 0.1) is 12.7 Å². The smallest absolute Gasteiger partial charge is 0.406 e. The Morgan fingerprint density at radius 1 is 1.27 bits per heavy atom. The van der Waals surface area contributed by atoms with Gasteiger partial charge in [0.25, 0.3) is 5.91 Å². The molecule has 0 aromatic heterocycles. The van der Waals surface area contributed by atoms with E-state index in [1.54, 1.807) is 0 Å². The van der Waals surface area contributed by atoms with Crippen LogP contribution in [0.1, 0.15) is 12.5 Å². The minimum Gasteiger partial charge on any atom is -0.406 e. The maximum absolute atomic E-state index is 12.4. The standard InChI is InChI=1S/C21H23F3N4O5/c1-13(18(30)20(31)27-15-7-5-14(6-8-15)19(25)26)32-10-9-28(12-29)16-3-2-4-17(11-16)33-21(22,23)24/h2-8,11-13,18,30H,9-10H2,1H3,(H3,25,26)(H,27,31). The van der Waals surface area contributed by atoms with Crippen LogP contribution in [0.5, 0.6) is 5.75 Å². The van der Waals surface area contributed by atoms with Gasteiger partial charge in [-0.3, -0.25) is 15.0 Å². The first kappa shape index (κ1) is 25.6. The molecule has 2 unspecified atom stereocenters. The zero-order valence-corrected chi connectivity index (χ0v) is 17.5. The molecule has 0 heterocycles. The third-order valence-electron chi connectivity index (χ3n) is 4.40. The quantitative estimate of drug-likeness (QED) is 0.227. The number of halogens is 3. The molecule has 0 saturated heterocycles. The summed E-state index contributed by atoms with van der Waals surface area (Å²) < 4.78 is 46.4. The molecule has 0 aliphatic heterocycles.